The highest BCUT2D eigenvalue weighted by atomic mass is 32.2. The van der Waals surface area contributed by atoms with Gasteiger partial charge in [0.15, 0.2) is 5.75 Å². The smallest absolute Gasteiger partial charge is 0.295 e. The van der Waals surface area contributed by atoms with Gasteiger partial charge in [0.1, 0.15) is 11.6 Å². The SMILES string of the molecule is CCC/C(=C\N=C(/C)C(=O)S(=O)(=O)c1ccc([N+](=O)[O-])cc1)c1ccncc1Oc1ccc(F)cc1. The zero-order valence-corrected chi connectivity index (χ0v) is 20.2. The number of halogens is 1. The summed E-state index contributed by atoms with van der Waals surface area (Å²) in [6.45, 7) is 3.21. The molecule has 0 bridgehead atoms. The van der Waals surface area contributed by atoms with Gasteiger partial charge in [0.05, 0.1) is 21.7 Å². The van der Waals surface area contributed by atoms with Crippen molar-refractivity contribution in [1.29, 1.82) is 0 Å². The average molecular weight is 512 g/mol. The highest BCUT2D eigenvalue weighted by molar-refractivity contribution is 8.08. The number of pyridine rings is 1. The molecule has 0 amide bonds. The van der Waals surface area contributed by atoms with E-state index >= 15 is 0 Å². The van der Waals surface area contributed by atoms with Gasteiger partial charge in [-0.25, -0.2) is 12.8 Å². The second kappa shape index (κ2) is 11.5. The van der Waals surface area contributed by atoms with Crippen LogP contribution in [0.4, 0.5) is 10.1 Å². The molecule has 0 aliphatic heterocycles. The summed E-state index contributed by atoms with van der Waals surface area (Å²) in [5.41, 5.74) is 0.710. The van der Waals surface area contributed by atoms with E-state index in [0.717, 1.165) is 24.3 Å². The Morgan fingerprint density at radius 3 is 2.42 bits per heavy atom. The molecule has 3 aromatic rings. The molecule has 1 aromatic heterocycles. The lowest BCUT2D eigenvalue weighted by Gasteiger charge is -2.13. The van der Waals surface area contributed by atoms with Crippen LogP contribution in [0.1, 0.15) is 32.3 Å². The van der Waals surface area contributed by atoms with Gasteiger partial charge in [-0.15, -0.1) is 0 Å². The van der Waals surface area contributed by atoms with Gasteiger partial charge in [-0.2, -0.15) is 0 Å². The molecular weight excluding hydrogens is 489 g/mol. The second-order valence-electron chi connectivity index (χ2n) is 7.59. The lowest BCUT2D eigenvalue weighted by atomic mass is 10.0. The summed E-state index contributed by atoms with van der Waals surface area (Å²) in [6.07, 6.45) is 5.69. The fourth-order valence-corrected chi connectivity index (χ4v) is 4.32. The van der Waals surface area contributed by atoms with Gasteiger partial charge in [0.25, 0.3) is 10.8 Å². The summed E-state index contributed by atoms with van der Waals surface area (Å²) in [7, 11) is -4.44. The van der Waals surface area contributed by atoms with Crippen LogP contribution in [0, 0.1) is 15.9 Å². The Kier molecular flexibility index (Phi) is 8.38. The lowest BCUT2D eigenvalue weighted by Crippen LogP contribution is -2.22. The van der Waals surface area contributed by atoms with Crippen molar-refractivity contribution in [2.45, 2.75) is 31.6 Å². The predicted molar refractivity (Wildman–Crippen MR) is 132 cm³/mol. The van der Waals surface area contributed by atoms with Gasteiger partial charge in [-0.1, -0.05) is 13.3 Å². The summed E-state index contributed by atoms with van der Waals surface area (Å²) < 4.78 is 44.5. The molecule has 36 heavy (non-hydrogen) atoms. The molecule has 0 saturated heterocycles. The lowest BCUT2D eigenvalue weighted by molar-refractivity contribution is -0.384. The highest BCUT2D eigenvalue weighted by Gasteiger charge is 2.27. The summed E-state index contributed by atoms with van der Waals surface area (Å²) >= 11 is 0. The number of ether oxygens (including phenoxy) is 1. The third kappa shape index (κ3) is 6.25. The molecule has 9 nitrogen and oxygen atoms in total. The van der Waals surface area contributed by atoms with Crippen LogP contribution in [-0.2, 0) is 14.6 Å². The van der Waals surface area contributed by atoms with Gasteiger partial charge in [-0.05, 0) is 61.4 Å². The maximum Gasteiger partial charge on any atom is 0.295 e. The summed E-state index contributed by atoms with van der Waals surface area (Å²) in [4.78, 5) is 30.6. The Morgan fingerprint density at radius 1 is 1.14 bits per heavy atom. The third-order valence-corrected chi connectivity index (χ3v) is 6.68. The van der Waals surface area contributed by atoms with Crippen molar-refractivity contribution >= 4 is 31.9 Å². The van der Waals surface area contributed by atoms with Crippen molar-refractivity contribution in [2.24, 2.45) is 4.99 Å². The van der Waals surface area contributed by atoms with Crippen LogP contribution in [-0.4, -0.2) is 29.2 Å². The predicted octanol–water partition coefficient (Wildman–Crippen LogP) is 5.52. The number of aromatic nitrogens is 1. The number of nitro groups is 1. The van der Waals surface area contributed by atoms with E-state index in [9.17, 15) is 27.7 Å². The fourth-order valence-electron chi connectivity index (χ4n) is 3.17. The van der Waals surface area contributed by atoms with Crippen molar-refractivity contribution in [3.05, 3.63) is 94.7 Å². The number of hydrogen-bond donors (Lipinski definition) is 0. The minimum absolute atomic E-state index is 0.281. The minimum atomic E-state index is -4.44. The van der Waals surface area contributed by atoms with E-state index in [1.54, 1.807) is 12.3 Å². The molecule has 0 aliphatic carbocycles. The average Bonchev–Trinajstić information content (AvgIpc) is 2.87. The number of non-ortho nitro benzene ring substituents is 1. The van der Waals surface area contributed by atoms with Crippen LogP contribution in [0.2, 0.25) is 0 Å². The Hall–Kier alpha value is -4.25. The molecule has 1 heterocycles. The van der Waals surface area contributed by atoms with Gasteiger partial charge < -0.3 is 4.74 Å². The number of carbonyl (C=O) groups is 1. The highest BCUT2D eigenvalue weighted by Crippen LogP contribution is 2.32. The van der Waals surface area contributed by atoms with Crippen LogP contribution in [0.15, 0.2) is 83.1 Å². The number of aliphatic imine (C=N–C) groups is 1. The molecule has 0 aliphatic rings. The number of carbonyl (C=O) groups excluding carboxylic acids is 1. The minimum Gasteiger partial charge on any atom is -0.455 e. The molecule has 11 heteroatoms. The molecule has 0 unspecified atom stereocenters. The van der Waals surface area contributed by atoms with Crippen molar-refractivity contribution in [1.82, 2.24) is 4.98 Å². The second-order valence-corrected chi connectivity index (χ2v) is 9.44. The fraction of sp³-hybridized carbons (Fsp3) is 0.160. The molecule has 0 N–H and O–H groups in total. The number of nitro benzene ring substituents is 1. The molecule has 0 spiro atoms. The van der Waals surface area contributed by atoms with Crippen LogP contribution < -0.4 is 4.74 Å². The van der Waals surface area contributed by atoms with Gasteiger partial charge in [-0.3, -0.25) is 24.9 Å². The van der Waals surface area contributed by atoms with Gasteiger partial charge in [0, 0.05) is 30.1 Å². The number of hydrogen-bond acceptors (Lipinski definition) is 8. The van der Waals surface area contributed by atoms with Gasteiger partial charge in [0.2, 0.25) is 9.84 Å². The van der Waals surface area contributed by atoms with Crippen LogP contribution in [0.5, 0.6) is 11.5 Å². The zero-order chi connectivity index (χ0) is 26.3. The summed E-state index contributed by atoms with van der Waals surface area (Å²) in [6, 6.07) is 11.2. The van der Waals surface area contributed by atoms with E-state index in [4.69, 9.17) is 4.74 Å². The Labute approximate surface area is 207 Å². The molecule has 0 atom stereocenters. The summed E-state index contributed by atoms with van der Waals surface area (Å²) in [5.74, 6) is 0.366. The van der Waals surface area contributed by atoms with E-state index in [-0.39, 0.29) is 16.3 Å². The largest absolute Gasteiger partial charge is 0.455 e. The Morgan fingerprint density at radius 2 is 1.81 bits per heavy atom. The first-order valence-electron chi connectivity index (χ1n) is 10.8. The maximum atomic E-state index is 13.2. The molecule has 3 rings (SSSR count). The molecule has 186 valence electrons. The van der Waals surface area contributed by atoms with E-state index in [2.05, 4.69) is 9.98 Å². The monoisotopic (exact) mass is 511 g/mol. The van der Waals surface area contributed by atoms with E-state index in [1.807, 2.05) is 6.92 Å². The first-order chi connectivity index (χ1) is 17.1. The topological polar surface area (TPSA) is 129 Å². The van der Waals surface area contributed by atoms with E-state index in [0.29, 0.717) is 35.5 Å². The van der Waals surface area contributed by atoms with Crippen LogP contribution in [0.3, 0.4) is 0 Å². The molecule has 0 fully saturated rings. The standard InChI is InChI=1S/C25H22FN3O6S/c1-3-4-18(23-13-14-27-16-24(23)35-21-9-5-19(26)6-10-21)15-28-17(2)25(30)36(33,34)22-11-7-20(8-12-22)29(31)32/h5-16H,3-4H2,1-2H3/b18-15+,28-17+. The molecule has 0 radical (unpaired) electrons. The number of allylic oxidation sites excluding steroid dienone is 1. The quantitative estimate of drug-likeness (QED) is 0.210. The van der Waals surface area contributed by atoms with E-state index in [1.165, 1.54) is 43.6 Å². The summed E-state index contributed by atoms with van der Waals surface area (Å²) in [5, 5.41) is 9.58. The zero-order valence-electron chi connectivity index (χ0n) is 19.4. The Balaban J connectivity index is 1.91. The van der Waals surface area contributed by atoms with Crippen molar-refractivity contribution in [2.75, 3.05) is 0 Å². The Bertz CT molecular complexity index is 1430. The first-order valence-corrected chi connectivity index (χ1v) is 12.3. The molecule has 2 aromatic carbocycles. The number of benzene rings is 2. The van der Waals surface area contributed by atoms with Crippen molar-refractivity contribution in [3.63, 3.8) is 0 Å². The third-order valence-electron chi connectivity index (χ3n) is 5.00. The van der Waals surface area contributed by atoms with Crippen LogP contribution >= 0.6 is 0 Å². The first kappa shape index (κ1) is 26.4. The van der Waals surface area contributed by atoms with Gasteiger partial charge >= 0.3 is 0 Å². The molecular formula is C25H22FN3O6S. The van der Waals surface area contributed by atoms with Crippen molar-refractivity contribution < 1.29 is 27.3 Å². The van der Waals surface area contributed by atoms with Crippen molar-refractivity contribution in [3.8, 4) is 11.5 Å². The molecule has 0 saturated carbocycles. The van der Waals surface area contributed by atoms with E-state index < -0.39 is 25.7 Å². The normalized spacial score (nSPS) is 12.3. The number of sulfone groups is 1. The van der Waals surface area contributed by atoms with Crippen LogP contribution in [0.25, 0.3) is 5.57 Å². The maximum absolute atomic E-state index is 13.2. The number of rotatable bonds is 9. The number of nitrogens with zero attached hydrogens (tertiary/aromatic N) is 3.